The zero-order valence-corrected chi connectivity index (χ0v) is 40.0. The molecule has 4 rings (SSSR count). The van der Waals surface area contributed by atoms with Crippen molar-refractivity contribution in [1.29, 1.82) is 0 Å². The molecular weight excluding hydrogens is 867 g/mol. The fourth-order valence-corrected chi connectivity index (χ4v) is 6.83. The van der Waals surface area contributed by atoms with E-state index >= 15 is 0 Å². The highest BCUT2D eigenvalue weighted by molar-refractivity contribution is 6.31. The number of nitrogen functional groups attached to an aromatic ring is 2. The van der Waals surface area contributed by atoms with Crippen LogP contribution in [0.15, 0.2) is 48.5 Å². The monoisotopic (exact) mass is 937 g/mol. The van der Waals surface area contributed by atoms with Gasteiger partial charge in [0.1, 0.15) is 11.5 Å². The summed E-state index contributed by atoms with van der Waals surface area (Å²) in [7, 11) is 6.45. The van der Waals surface area contributed by atoms with Gasteiger partial charge in [-0.25, -0.2) is 9.97 Å². The first-order valence-corrected chi connectivity index (χ1v) is 22.7. The fourth-order valence-electron chi connectivity index (χ4n) is 6.70. The highest BCUT2D eigenvalue weighted by Crippen LogP contribution is 2.18. The number of nitrogens with two attached hydrogens (primary N) is 2. The second-order valence-electron chi connectivity index (χ2n) is 14.9. The summed E-state index contributed by atoms with van der Waals surface area (Å²) in [4.78, 5) is 50.1. The number of aromatic nitrogens is 2. The van der Waals surface area contributed by atoms with E-state index in [1.54, 1.807) is 38.2 Å². The van der Waals surface area contributed by atoms with Gasteiger partial charge >= 0.3 is 0 Å². The highest BCUT2D eigenvalue weighted by atomic mass is 35.5. The lowest BCUT2D eigenvalue weighted by atomic mass is 10.0. The average Bonchev–Trinajstić information content (AvgIpc) is 3.30. The van der Waals surface area contributed by atoms with Gasteiger partial charge in [-0.15, -0.1) is 11.6 Å². The van der Waals surface area contributed by atoms with Crippen LogP contribution in [0.1, 0.15) is 54.2 Å². The zero-order chi connectivity index (χ0) is 47.1. The number of carbonyl (C=O) groups is 3. The minimum atomic E-state index is -0.389. The van der Waals surface area contributed by atoms with E-state index < -0.39 is 0 Å². The summed E-state index contributed by atoms with van der Waals surface area (Å²) >= 11 is 10.6. The molecule has 1 aromatic heterocycles. The molecule has 2 unspecified atom stereocenters. The third-order valence-corrected chi connectivity index (χ3v) is 10.4. The van der Waals surface area contributed by atoms with Gasteiger partial charge in [0.15, 0.2) is 35.7 Å². The number of quaternary nitrogens is 1. The van der Waals surface area contributed by atoms with Gasteiger partial charge in [-0.1, -0.05) is 49.2 Å². The van der Waals surface area contributed by atoms with E-state index in [-0.39, 0.29) is 59.5 Å². The lowest BCUT2D eigenvalue weighted by Gasteiger charge is -2.30. The van der Waals surface area contributed by atoms with Gasteiger partial charge in [0, 0.05) is 67.4 Å². The third kappa shape index (κ3) is 21.5. The molecule has 2 atom stereocenters. The molecule has 19 heteroatoms. The van der Waals surface area contributed by atoms with E-state index in [4.69, 9.17) is 51.5 Å². The Hall–Kier alpha value is -4.49. The number of benzene rings is 2. The maximum atomic E-state index is 12.7. The molecule has 2 aromatic carbocycles. The standard InChI is InChI=1S/C27H40ClN7O5.C17H27NO4.CH3Cl/c1-38-15-13-35(14-16-39-2)22(36)18-40-21-9-7-19(8-10-21)5-3-11-34-12-4-6-20(17-34)31-27(37)23-25(29)33-26(30)24(28)32-23;1-4-5-15-6-8-16(9-7-15)22-14-17(19)18(10-12-20-2)11-13-21-3;1-2/h7-10,20H,3-6,11-18H2,1-2H3,(H,31,37)(H4,29,30,33);6-9H,4-5,10-14H2,1-3H3;1H3/p+1. The summed E-state index contributed by atoms with van der Waals surface area (Å²) in [5.74, 6) is 0.779. The molecule has 64 heavy (non-hydrogen) atoms. The van der Waals surface area contributed by atoms with Crippen LogP contribution >= 0.6 is 23.2 Å². The number of carbonyl (C=O) groups excluding carboxylic acids is 3. The Morgan fingerprint density at radius 1 is 0.734 bits per heavy atom. The molecule has 0 radical (unpaired) electrons. The smallest absolute Gasteiger partial charge is 0.274 e. The number of nitrogens with zero attached hydrogens (tertiary/aromatic N) is 4. The molecule has 3 aromatic rings. The first kappa shape index (κ1) is 55.6. The largest absolute Gasteiger partial charge is 0.484 e. The minimum Gasteiger partial charge on any atom is -0.484 e. The zero-order valence-electron chi connectivity index (χ0n) is 38.5. The Kier molecular flexibility index (Phi) is 28.7. The number of ether oxygens (including phenoxy) is 6. The summed E-state index contributed by atoms with van der Waals surface area (Å²) in [6.07, 6.45) is 7.49. The molecule has 3 amide bonds. The number of rotatable bonds is 26. The second-order valence-corrected chi connectivity index (χ2v) is 15.2. The summed E-state index contributed by atoms with van der Waals surface area (Å²) in [6, 6.07) is 15.8. The van der Waals surface area contributed by atoms with Crippen LogP contribution in [0.4, 0.5) is 11.6 Å². The quantitative estimate of drug-likeness (QED) is 0.0855. The van der Waals surface area contributed by atoms with Crippen molar-refractivity contribution in [2.24, 2.45) is 0 Å². The van der Waals surface area contributed by atoms with Crippen LogP contribution in [-0.2, 0) is 41.4 Å². The Bertz CT molecular complexity index is 1750. The van der Waals surface area contributed by atoms with Crippen molar-refractivity contribution in [3.8, 4) is 11.5 Å². The Morgan fingerprint density at radius 2 is 1.20 bits per heavy atom. The molecule has 0 bridgehead atoms. The molecule has 1 aliphatic heterocycles. The van der Waals surface area contributed by atoms with Gasteiger partial charge in [0.25, 0.3) is 17.7 Å². The van der Waals surface area contributed by atoms with Crippen molar-refractivity contribution >= 4 is 52.6 Å². The first-order chi connectivity index (χ1) is 31.0. The highest BCUT2D eigenvalue weighted by Gasteiger charge is 2.26. The molecule has 0 spiro atoms. The molecular formula is C45H71Cl2N8O9+. The number of halogens is 2. The lowest BCUT2D eigenvalue weighted by molar-refractivity contribution is -0.906. The Morgan fingerprint density at radius 3 is 1.66 bits per heavy atom. The number of hydrogen-bond donors (Lipinski definition) is 4. The van der Waals surface area contributed by atoms with Gasteiger partial charge in [-0.2, -0.15) is 0 Å². The topological polar surface area (TPSA) is 207 Å². The van der Waals surface area contributed by atoms with Crippen LogP contribution in [-0.4, -0.2) is 164 Å². The normalized spacial score (nSPS) is 14.2. The van der Waals surface area contributed by atoms with Gasteiger partial charge < -0.3 is 59.9 Å². The Balaban J connectivity index is 0.000000496. The molecule has 358 valence electrons. The van der Waals surface area contributed by atoms with Gasteiger partial charge in [-0.3, -0.25) is 14.4 Å². The molecule has 0 aliphatic carbocycles. The lowest BCUT2D eigenvalue weighted by Crippen LogP contribution is -3.14. The maximum absolute atomic E-state index is 12.7. The van der Waals surface area contributed by atoms with Crippen molar-refractivity contribution < 1.29 is 47.7 Å². The molecule has 1 aliphatic rings. The SMILES string of the molecule is CCCc1ccc(OCC(=O)N(CCOC)CCOC)cc1.CCl.COCCN(CCOC)C(=O)COc1ccc(CCC[NH+]2CCCC(NC(=O)c3nc(Cl)c(N)nc3N)C2)cc1. The van der Waals surface area contributed by atoms with Crippen LogP contribution in [0.3, 0.4) is 0 Å². The van der Waals surface area contributed by atoms with E-state index in [1.165, 1.54) is 22.4 Å². The van der Waals surface area contributed by atoms with Crippen molar-refractivity contribution in [3.63, 3.8) is 0 Å². The Labute approximate surface area is 389 Å². The summed E-state index contributed by atoms with van der Waals surface area (Å²) in [6.45, 7) is 9.02. The number of piperidine rings is 1. The second kappa shape index (κ2) is 33.1. The number of hydrogen-bond acceptors (Lipinski definition) is 13. The predicted octanol–water partition coefficient (Wildman–Crippen LogP) is 3.20. The summed E-state index contributed by atoms with van der Waals surface area (Å²) in [5, 5.41) is 2.98. The maximum Gasteiger partial charge on any atom is 0.274 e. The van der Waals surface area contributed by atoms with E-state index in [9.17, 15) is 14.4 Å². The number of likely N-dealkylation sites (tertiary alicyclic amines) is 1. The van der Waals surface area contributed by atoms with Crippen LogP contribution in [0.5, 0.6) is 11.5 Å². The van der Waals surface area contributed by atoms with Crippen molar-refractivity contribution in [2.45, 2.75) is 51.5 Å². The molecule has 2 heterocycles. The molecule has 1 saturated heterocycles. The van der Waals surface area contributed by atoms with Crippen molar-refractivity contribution in [1.82, 2.24) is 25.1 Å². The number of amides is 3. The number of methoxy groups -OCH3 is 4. The molecule has 0 saturated carbocycles. The number of alkyl halides is 1. The van der Waals surface area contributed by atoms with E-state index in [0.29, 0.717) is 64.1 Å². The third-order valence-electron chi connectivity index (χ3n) is 10.1. The fraction of sp³-hybridized carbons (Fsp3) is 0.578. The van der Waals surface area contributed by atoms with E-state index in [1.807, 2.05) is 48.5 Å². The van der Waals surface area contributed by atoms with Crippen molar-refractivity contribution in [2.75, 3.05) is 132 Å². The molecule has 17 nitrogen and oxygen atoms in total. The first-order valence-electron chi connectivity index (χ1n) is 21.6. The number of aryl methyl sites for hydroxylation is 2. The van der Waals surface area contributed by atoms with Crippen molar-refractivity contribution in [3.05, 3.63) is 70.5 Å². The summed E-state index contributed by atoms with van der Waals surface area (Å²) < 4.78 is 31.5. The van der Waals surface area contributed by atoms with Crippen LogP contribution in [0.2, 0.25) is 5.15 Å². The minimum absolute atomic E-state index is 0.0000496. The van der Waals surface area contributed by atoms with E-state index in [2.05, 4.69) is 33.8 Å². The van der Waals surface area contributed by atoms with E-state index in [0.717, 1.165) is 58.2 Å². The number of anilines is 2. The molecule has 1 fully saturated rings. The average molecular weight is 939 g/mol. The van der Waals surface area contributed by atoms with Gasteiger partial charge in [0.05, 0.1) is 52.1 Å². The van der Waals surface area contributed by atoms with Crippen LogP contribution in [0.25, 0.3) is 0 Å². The van der Waals surface area contributed by atoms with Crippen LogP contribution < -0.4 is 31.2 Å². The van der Waals surface area contributed by atoms with Gasteiger partial charge in [-0.05, 0) is 61.1 Å². The summed E-state index contributed by atoms with van der Waals surface area (Å²) in [5.41, 5.74) is 13.9. The number of nitrogens with one attached hydrogen (secondary N) is 2. The molecule has 6 N–H and O–H groups in total. The van der Waals surface area contributed by atoms with Crippen LogP contribution in [0, 0.1) is 0 Å². The predicted molar refractivity (Wildman–Crippen MR) is 251 cm³/mol. The van der Waals surface area contributed by atoms with Gasteiger partial charge in [0.2, 0.25) is 0 Å².